The fourth-order valence-corrected chi connectivity index (χ4v) is 2.90. The summed E-state index contributed by atoms with van der Waals surface area (Å²) in [5, 5.41) is 7.05. The fourth-order valence-electron chi connectivity index (χ4n) is 2.90. The summed E-state index contributed by atoms with van der Waals surface area (Å²) in [6.45, 7) is 11.6. The van der Waals surface area contributed by atoms with Gasteiger partial charge in [-0.2, -0.15) is 13.8 Å². The maximum atomic E-state index is 12.4. The number of nitrogens with one attached hydrogen (secondary N) is 1. The zero-order valence-corrected chi connectivity index (χ0v) is 24.9. The number of fused-ring (bicyclic) bond motifs is 2. The normalized spacial score (nSPS) is 9.68. The summed E-state index contributed by atoms with van der Waals surface area (Å²) in [4.78, 5) is 56.3. The molecule has 0 saturated carbocycles. The van der Waals surface area contributed by atoms with Gasteiger partial charge in [0.05, 0.1) is 22.1 Å². The number of ketones is 4. The van der Waals surface area contributed by atoms with E-state index in [2.05, 4.69) is 20.6 Å². The van der Waals surface area contributed by atoms with Gasteiger partial charge >= 0.3 is 16.8 Å². The molecule has 216 valence electrons. The molecule has 40 heavy (non-hydrogen) atoms. The van der Waals surface area contributed by atoms with Crippen LogP contribution in [0.2, 0.25) is 0 Å². The second-order valence-electron chi connectivity index (χ2n) is 8.69. The molecule has 0 atom stereocenters. The number of para-hydroxylation sites is 3. The van der Waals surface area contributed by atoms with Crippen LogP contribution in [-0.4, -0.2) is 84.4 Å². The first-order chi connectivity index (χ1) is 18.4. The van der Waals surface area contributed by atoms with Crippen molar-refractivity contribution in [1.82, 2.24) is 15.3 Å². The van der Waals surface area contributed by atoms with Crippen LogP contribution in [0.4, 0.5) is 0 Å². The van der Waals surface area contributed by atoms with Crippen LogP contribution in [-0.2, 0) is 16.8 Å². The van der Waals surface area contributed by atoms with E-state index in [0.29, 0.717) is 54.6 Å². The van der Waals surface area contributed by atoms with Crippen molar-refractivity contribution < 1.29 is 40.8 Å². The van der Waals surface area contributed by atoms with Gasteiger partial charge in [-0.15, -0.1) is 24.9 Å². The van der Waals surface area contributed by atoms with Crippen LogP contribution in [0.25, 0.3) is 27.4 Å². The van der Waals surface area contributed by atoms with Crippen LogP contribution in [0.5, 0.6) is 0 Å². The first kappa shape index (κ1) is 36.4. The molecule has 3 aromatic rings. The smallest absolute Gasteiger partial charge is 0.660 e. The number of amides is 1. The van der Waals surface area contributed by atoms with Crippen LogP contribution in [0.15, 0.2) is 42.5 Å². The minimum atomic E-state index is -0.164. The minimum absolute atomic E-state index is 0. The van der Waals surface area contributed by atoms with Crippen molar-refractivity contribution in [1.29, 1.82) is 0 Å². The molecule has 0 saturated heterocycles. The van der Waals surface area contributed by atoms with Crippen LogP contribution in [0, 0.1) is 11.8 Å². The molecule has 1 amide bonds. The zero-order chi connectivity index (χ0) is 29.5. The molecule has 0 radical (unpaired) electrons. The van der Waals surface area contributed by atoms with Crippen LogP contribution in [0.1, 0.15) is 51.9 Å². The molecule has 0 aliphatic heterocycles. The molecular formula is C29H40CoN5O5+4. The van der Waals surface area contributed by atoms with Gasteiger partial charge in [0.1, 0.15) is 5.52 Å². The average Bonchev–Trinajstić information content (AvgIpc) is 2.90. The molecule has 1 heterocycles. The Morgan fingerprint density at radius 3 is 1.73 bits per heavy atom. The van der Waals surface area contributed by atoms with Gasteiger partial charge in [0.2, 0.25) is 0 Å². The number of nitrogens with zero attached hydrogens (tertiary/aromatic N) is 3. The van der Waals surface area contributed by atoms with E-state index in [4.69, 9.17) is 24.9 Å². The third kappa shape index (κ3) is 12.0. The van der Waals surface area contributed by atoms with E-state index in [1.165, 1.54) is 27.7 Å². The summed E-state index contributed by atoms with van der Waals surface area (Å²) in [5.74, 6) is 1.61. The Hall–Kier alpha value is -3.64. The molecule has 0 unspecified atom stereocenters. The molecule has 2 aromatic carbocycles. The van der Waals surface area contributed by atoms with Gasteiger partial charge < -0.3 is 35.5 Å². The Labute approximate surface area is 245 Å². The standard InChI is InChI=1S/C17H18N5O.2C6H9O2.Co/c18-8-9-19-10-11-20-17(23)12-4-3-7-15-16(12)22-14-6-2-1-5-13(14)21-15;2*1-4(5(2)7)6(3)8;/h1-7H,8-11,18H2,(H,20,23);2*1-3H3;/q3*-1;+3/p+4. The summed E-state index contributed by atoms with van der Waals surface area (Å²) >= 11 is 0. The molecule has 7 N–H and O–H groups in total. The van der Waals surface area contributed by atoms with Crippen molar-refractivity contribution in [3.8, 4) is 0 Å². The number of carbonyl (C=O) groups is 1. The van der Waals surface area contributed by atoms with E-state index in [1.54, 1.807) is 19.9 Å². The zero-order valence-electron chi connectivity index (χ0n) is 23.8. The monoisotopic (exact) mass is 597 g/mol. The van der Waals surface area contributed by atoms with E-state index in [9.17, 15) is 4.79 Å². The van der Waals surface area contributed by atoms with Crippen molar-refractivity contribution in [2.24, 2.45) is 5.73 Å². The first-order valence-electron chi connectivity index (χ1n) is 12.5. The third-order valence-corrected chi connectivity index (χ3v) is 5.63. The Bertz CT molecular complexity index is 1260. The summed E-state index contributed by atoms with van der Waals surface area (Å²) in [7, 11) is 0. The molecule has 3 rings (SSSR count). The van der Waals surface area contributed by atoms with E-state index in [1.807, 2.05) is 36.4 Å². The van der Waals surface area contributed by atoms with Gasteiger partial charge in [-0.25, -0.2) is 9.97 Å². The van der Waals surface area contributed by atoms with Gasteiger partial charge in [0.25, 0.3) is 5.91 Å². The van der Waals surface area contributed by atoms with Gasteiger partial charge in [0, 0.05) is 27.7 Å². The molecule has 0 bridgehead atoms. The Balaban J connectivity index is 0.000000744. The predicted molar refractivity (Wildman–Crippen MR) is 160 cm³/mol. The number of benzene rings is 2. The number of hydrogen-bond donors (Lipinski definition) is 2. The molecule has 0 aliphatic rings. The molecule has 1 aromatic heterocycles. The maximum absolute atomic E-state index is 12.4. The quantitative estimate of drug-likeness (QED) is 0.120. The SMILES string of the molecule is CC(=[OH+])[C-](C)C(C)=[OH+].CC(=[OH+])[C-](C)C(C)=[OH+].NCC[N-]CCNC(=O)c1cccc2nc3ccccc3nc12.[Co+3]. The third-order valence-electron chi connectivity index (χ3n) is 5.63. The largest absolute Gasteiger partial charge is 3.00 e. The van der Waals surface area contributed by atoms with E-state index in [0.717, 1.165) is 11.0 Å². The van der Waals surface area contributed by atoms with Crippen molar-refractivity contribution in [3.63, 3.8) is 0 Å². The number of aromatic nitrogens is 2. The summed E-state index contributed by atoms with van der Waals surface area (Å²) in [5.41, 5.74) is 8.82. The molecule has 10 nitrogen and oxygen atoms in total. The molecule has 0 fully saturated rings. The van der Waals surface area contributed by atoms with Crippen molar-refractivity contribution in [2.75, 3.05) is 26.2 Å². The van der Waals surface area contributed by atoms with E-state index in [-0.39, 0.29) is 45.8 Å². The molecular weight excluding hydrogens is 557 g/mol. The van der Waals surface area contributed by atoms with Crippen LogP contribution >= 0.6 is 0 Å². The second kappa shape index (κ2) is 18.6. The average molecular weight is 598 g/mol. The maximum Gasteiger partial charge on any atom is 3.00 e. The number of hydrogen-bond acceptors (Lipinski definition) is 4. The summed E-state index contributed by atoms with van der Waals surface area (Å²) < 4.78 is 0. The minimum Gasteiger partial charge on any atom is -0.660 e. The number of carbonyl (C=O) groups excluding carboxylic acids is 5. The second-order valence-corrected chi connectivity index (χ2v) is 8.69. The van der Waals surface area contributed by atoms with E-state index >= 15 is 0 Å². The van der Waals surface area contributed by atoms with Crippen LogP contribution < -0.4 is 11.1 Å². The van der Waals surface area contributed by atoms with E-state index < -0.39 is 0 Å². The topological polar surface area (TPSA) is 181 Å². The fraction of sp³-hybridized carbons (Fsp3) is 0.345. The van der Waals surface area contributed by atoms with Gasteiger partial charge in [-0.3, -0.25) is 4.79 Å². The Morgan fingerprint density at radius 1 is 0.800 bits per heavy atom. The van der Waals surface area contributed by atoms with Crippen molar-refractivity contribution in [2.45, 2.75) is 41.5 Å². The van der Waals surface area contributed by atoms with Crippen molar-refractivity contribution >= 4 is 51.1 Å². The van der Waals surface area contributed by atoms with Crippen molar-refractivity contribution in [3.05, 3.63) is 65.2 Å². The molecule has 0 spiro atoms. The van der Waals surface area contributed by atoms with Gasteiger partial charge in [0.15, 0.2) is 23.1 Å². The molecule has 11 heteroatoms. The van der Waals surface area contributed by atoms with Gasteiger partial charge in [-0.05, 0) is 37.4 Å². The Kier molecular flexibility index (Phi) is 16.9. The molecule has 0 aliphatic carbocycles. The van der Waals surface area contributed by atoms with Crippen LogP contribution in [0.3, 0.4) is 0 Å². The predicted octanol–water partition coefficient (Wildman–Crippen LogP) is 3.26. The summed E-state index contributed by atoms with van der Waals surface area (Å²) in [6, 6.07) is 13.1. The number of rotatable bonds is 10. The van der Waals surface area contributed by atoms with Gasteiger partial charge in [-0.1, -0.05) is 18.2 Å². The Morgan fingerprint density at radius 2 is 1.27 bits per heavy atom. The number of nitrogens with two attached hydrogens (primary N) is 1. The summed E-state index contributed by atoms with van der Waals surface area (Å²) in [6.07, 6.45) is 0. The first-order valence-corrected chi connectivity index (χ1v) is 12.5.